The molecule has 1 rings (SSSR count). The average Bonchev–Trinajstić information content (AvgIpc) is 2.59. The maximum atomic E-state index is 4.63. The van der Waals surface area contributed by atoms with E-state index < -0.39 is 0 Å². The number of pyridine rings is 1. The van der Waals surface area contributed by atoms with E-state index in [1.165, 1.54) is 50.5 Å². The minimum absolute atomic E-state index is 0.943. The topological polar surface area (TPSA) is 34.5 Å². The average molecular weight is 314 g/mol. The van der Waals surface area contributed by atoms with Gasteiger partial charge in [0.1, 0.15) is 7.11 Å². The van der Waals surface area contributed by atoms with Gasteiger partial charge in [-0.2, -0.15) is 0 Å². The summed E-state index contributed by atoms with van der Waals surface area (Å²) in [6.07, 6.45) is 18.7. The molecule has 0 aliphatic rings. The molecular formula is C20H30N2O. The Morgan fingerprint density at radius 1 is 1.04 bits per heavy atom. The second kappa shape index (κ2) is 15.1. The van der Waals surface area contributed by atoms with Gasteiger partial charge in [-0.1, -0.05) is 43.3 Å². The largest absolute Gasteiger partial charge is 0.399 e. The Balaban J connectivity index is 1.83. The molecule has 0 unspecified atom stereocenters. The van der Waals surface area contributed by atoms with Crippen LogP contribution in [0.5, 0.6) is 0 Å². The second-order valence-corrected chi connectivity index (χ2v) is 5.70. The Morgan fingerprint density at radius 3 is 2.52 bits per heavy atom. The van der Waals surface area contributed by atoms with Crippen molar-refractivity contribution in [1.82, 2.24) is 4.98 Å². The third-order valence-electron chi connectivity index (χ3n) is 3.70. The number of aryl methyl sites for hydroxylation is 1. The number of nitrogens with zero attached hydrogens (tertiary/aromatic N) is 2. The van der Waals surface area contributed by atoms with Crippen LogP contribution in [0, 0.1) is 11.8 Å². The van der Waals surface area contributed by atoms with E-state index >= 15 is 0 Å². The lowest BCUT2D eigenvalue weighted by atomic mass is 10.1. The van der Waals surface area contributed by atoms with Crippen LogP contribution in [0.2, 0.25) is 0 Å². The van der Waals surface area contributed by atoms with Gasteiger partial charge in [0.25, 0.3) is 0 Å². The highest BCUT2D eigenvalue weighted by Crippen LogP contribution is 2.09. The van der Waals surface area contributed by atoms with Crippen molar-refractivity contribution in [2.45, 2.75) is 70.6 Å². The van der Waals surface area contributed by atoms with E-state index in [1.807, 2.05) is 24.7 Å². The van der Waals surface area contributed by atoms with Crippen molar-refractivity contribution in [1.29, 1.82) is 0 Å². The molecule has 126 valence electrons. The van der Waals surface area contributed by atoms with Gasteiger partial charge in [0.15, 0.2) is 0 Å². The Bertz CT molecular complexity index is 460. The molecule has 0 fully saturated rings. The Hall–Kier alpha value is -1.82. The molecule has 23 heavy (non-hydrogen) atoms. The summed E-state index contributed by atoms with van der Waals surface area (Å²) in [5, 5.41) is 3.74. The quantitative estimate of drug-likeness (QED) is 0.231. The number of oxime groups is 1. The summed E-state index contributed by atoms with van der Waals surface area (Å²) >= 11 is 0. The molecule has 0 spiro atoms. The van der Waals surface area contributed by atoms with E-state index in [0.29, 0.717) is 0 Å². The zero-order valence-corrected chi connectivity index (χ0v) is 14.5. The molecule has 3 heteroatoms. The third-order valence-corrected chi connectivity index (χ3v) is 3.70. The fraction of sp³-hybridized carbons (Fsp3) is 0.600. The summed E-state index contributed by atoms with van der Waals surface area (Å²) in [4.78, 5) is 8.74. The van der Waals surface area contributed by atoms with Gasteiger partial charge in [0, 0.05) is 31.4 Å². The Kier molecular flexibility index (Phi) is 12.6. The van der Waals surface area contributed by atoms with Crippen molar-refractivity contribution >= 4 is 6.21 Å². The number of unbranched alkanes of at least 4 members (excludes halogenated alkanes) is 8. The minimum Gasteiger partial charge on any atom is -0.399 e. The molecule has 0 aliphatic carbocycles. The van der Waals surface area contributed by atoms with Gasteiger partial charge in [0.2, 0.25) is 0 Å². The van der Waals surface area contributed by atoms with E-state index in [2.05, 4.69) is 32.9 Å². The fourth-order valence-electron chi connectivity index (χ4n) is 2.39. The van der Waals surface area contributed by atoms with Gasteiger partial charge in [-0.3, -0.25) is 4.98 Å². The lowest BCUT2D eigenvalue weighted by molar-refractivity contribution is 0.214. The van der Waals surface area contributed by atoms with Gasteiger partial charge in [-0.15, -0.1) is 11.8 Å². The number of hydrogen-bond donors (Lipinski definition) is 0. The number of rotatable bonds is 12. The van der Waals surface area contributed by atoms with Gasteiger partial charge < -0.3 is 4.84 Å². The smallest absolute Gasteiger partial charge is 0.106 e. The van der Waals surface area contributed by atoms with Crippen molar-refractivity contribution in [2.75, 3.05) is 7.11 Å². The van der Waals surface area contributed by atoms with Crippen LogP contribution >= 0.6 is 0 Å². The van der Waals surface area contributed by atoms with Crippen LogP contribution in [0.4, 0.5) is 0 Å². The monoisotopic (exact) mass is 314 g/mol. The van der Waals surface area contributed by atoms with Crippen LogP contribution in [0.1, 0.15) is 69.8 Å². The van der Waals surface area contributed by atoms with Crippen LogP contribution in [0.3, 0.4) is 0 Å². The second-order valence-electron chi connectivity index (χ2n) is 5.70. The molecule has 1 heterocycles. The van der Waals surface area contributed by atoms with Crippen LogP contribution < -0.4 is 0 Å². The molecule has 0 N–H and O–H groups in total. The molecule has 1 aromatic rings. The maximum Gasteiger partial charge on any atom is 0.106 e. The first-order valence-corrected chi connectivity index (χ1v) is 8.83. The molecule has 0 radical (unpaired) electrons. The predicted octanol–water partition coefficient (Wildman–Crippen LogP) is 5.16. The SMILES string of the molecule is CO/N=C\CCCCCCCCCC#CCCc1cccnc1. The molecule has 0 saturated carbocycles. The van der Waals surface area contributed by atoms with Crippen molar-refractivity contribution in [2.24, 2.45) is 5.16 Å². The zero-order valence-electron chi connectivity index (χ0n) is 14.5. The molecule has 0 atom stereocenters. The summed E-state index contributed by atoms with van der Waals surface area (Å²) in [6.45, 7) is 0. The highest BCUT2D eigenvalue weighted by molar-refractivity contribution is 5.55. The van der Waals surface area contributed by atoms with Gasteiger partial charge in [-0.05, 0) is 37.3 Å². The fourth-order valence-corrected chi connectivity index (χ4v) is 2.39. The van der Waals surface area contributed by atoms with Crippen molar-refractivity contribution in [3.63, 3.8) is 0 Å². The summed E-state index contributed by atoms with van der Waals surface area (Å²) in [6, 6.07) is 4.09. The highest BCUT2D eigenvalue weighted by Gasteiger charge is 1.91. The number of aromatic nitrogens is 1. The van der Waals surface area contributed by atoms with Crippen molar-refractivity contribution in [3.05, 3.63) is 30.1 Å². The van der Waals surface area contributed by atoms with Gasteiger partial charge >= 0.3 is 0 Å². The summed E-state index contributed by atoms with van der Waals surface area (Å²) in [5.74, 6) is 6.56. The van der Waals surface area contributed by atoms with E-state index in [4.69, 9.17) is 0 Å². The van der Waals surface area contributed by atoms with E-state index in [-0.39, 0.29) is 0 Å². The van der Waals surface area contributed by atoms with E-state index in [0.717, 1.165) is 25.7 Å². The lowest BCUT2D eigenvalue weighted by Gasteiger charge is -1.99. The molecule has 0 aromatic carbocycles. The van der Waals surface area contributed by atoms with Gasteiger partial charge in [-0.25, -0.2) is 0 Å². The first kappa shape index (κ1) is 19.2. The van der Waals surface area contributed by atoms with Crippen LogP contribution in [-0.2, 0) is 11.3 Å². The molecule has 1 aromatic heterocycles. The van der Waals surface area contributed by atoms with Gasteiger partial charge in [0.05, 0.1) is 0 Å². The Morgan fingerprint density at radius 2 is 1.78 bits per heavy atom. The van der Waals surface area contributed by atoms with E-state index in [1.54, 1.807) is 7.11 Å². The standard InChI is InChI=1S/C20H30N2O/c1-23-22-18-13-11-9-7-5-3-2-4-6-8-10-12-15-20-16-14-17-21-19-20/h14,16-19H,2-7,9,11-13,15H2,1H3/b22-18-. The van der Waals surface area contributed by atoms with Crippen molar-refractivity contribution in [3.8, 4) is 11.8 Å². The molecule has 0 amide bonds. The zero-order chi connectivity index (χ0) is 16.4. The summed E-state index contributed by atoms with van der Waals surface area (Å²) < 4.78 is 0. The summed E-state index contributed by atoms with van der Waals surface area (Å²) in [7, 11) is 1.58. The van der Waals surface area contributed by atoms with Crippen LogP contribution in [0.15, 0.2) is 29.7 Å². The molecule has 0 aliphatic heterocycles. The molecule has 3 nitrogen and oxygen atoms in total. The minimum atomic E-state index is 0.943. The first-order chi connectivity index (χ1) is 11.4. The maximum absolute atomic E-state index is 4.63. The number of hydrogen-bond acceptors (Lipinski definition) is 3. The van der Waals surface area contributed by atoms with Crippen molar-refractivity contribution < 1.29 is 4.84 Å². The third kappa shape index (κ3) is 12.4. The molecule has 0 saturated heterocycles. The van der Waals surface area contributed by atoms with Crippen LogP contribution in [-0.4, -0.2) is 18.3 Å². The highest BCUT2D eigenvalue weighted by atomic mass is 16.6. The molecular weight excluding hydrogens is 284 g/mol. The Labute approximate surface area is 141 Å². The predicted molar refractivity (Wildman–Crippen MR) is 97.4 cm³/mol. The summed E-state index contributed by atoms with van der Waals surface area (Å²) in [5.41, 5.74) is 1.27. The lowest BCUT2D eigenvalue weighted by Crippen LogP contribution is -1.84. The first-order valence-electron chi connectivity index (χ1n) is 8.83. The normalized spacial score (nSPS) is 10.5. The molecule has 0 bridgehead atoms. The van der Waals surface area contributed by atoms with Crippen LogP contribution in [0.25, 0.3) is 0 Å². The van der Waals surface area contributed by atoms with E-state index in [9.17, 15) is 0 Å².